The van der Waals surface area contributed by atoms with E-state index >= 15 is 0 Å². The highest BCUT2D eigenvalue weighted by Crippen LogP contribution is 2.36. The van der Waals surface area contributed by atoms with Gasteiger partial charge in [0.25, 0.3) is 5.92 Å². The summed E-state index contributed by atoms with van der Waals surface area (Å²) >= 11 is 0. The van der Waals surface area contributed by atoms with E-state index in [0.29, 0.717) is 10.7 Å². The molecule has 1 saturated heterocycles. The van der Waals surface area contributed by atoms with Crippen molar-refractivity contribution >= 4 is 16.0 Å². The number of nitrogens with zero attached hydrogens (tertiary/aromatic N) is 1. The van der Waals surface area contributed by atoms with Crippen LogP contribution in [-0.2, 0) is 14.8 Å². The molecule has 0 radical (unpaired) electrons. The van der Waals surface area contributed by atoms with Crippen LogP contribution in [0.15, 0.2) is 0 Å². The van der Waals surface area contributed by atoms with Crippen molar-refractivity contribution in [2.75, 3.05) is 12.3 Å². The highest BCUT2D eigenvalue weighted by Gasteiger charge is 2.53. The van der Waals surface area contributed by atoms with Gasteiger partial charge >= 0.3 is 5.97 Å². The molecule has 8 heteroatoms. The summed E-state index contributed by atoms with van der Waals surface area (Å²) in [5, 5.41) is 8.90. The molecule has 1 rings (SSSR count). The SMILES string of the molecule is CCC(C)(C)CS(=O)(=O)N1CC(F)(F)C[C@H]1C(=O)O. The number of hydrogen-bond donors (Lipinski definition) is 1. The minimum absolute atomic E-state index is 0.337. The Hall–Kier alpha value is -0.760. The van der Waals surface area contributed by atoms with Gasteiger partial charge in [-0.3, -0.25) is 4.79 Å². The van der Waals surface area contributed by atoms with E-state index in [2.05, 4.69) is 0 Å². The summed E-state index contributed by atoms with van der Waals surface area (Å²) in [5.41, 5.74) is -0.584. The van der Waals surface area contributed by atoms with Gasteiger partial charge < -0.3 is 5.11 Å². The first-order chi connectivity index (χ1) is 8.40. The van der Waals surface area contributed by atoms with Gasteiger partial charge in [0.05, 0.1) is 12.3 Å². The maximum Gasteiger partial charge on any atom is 0.322 e. The van der Waals surface area contributed by atoms with Crippen LogP contribution in [0.4, 0.5) is 8.78 Å². The topological polar surface area (TPSA) is 74.7 Å². The summed E-state index contributed by atoms with van der Waals surface area (Å²) in [6, 6.07) is -1.67. The van der Waals surface area contributed by atoms with Crippen molar-refractivity contribution in [2.24, 2.45) is 5.41 Å². The number of carboxylic acids is 1. The number of carboxylic acid groups (broad SMARTS) is 1. The van der Waals surface area contributed by atoms with E-state index in [9.17, 15) is 22.0 Å². The molecule has 1 aliphatic rings. The molecule has 0 unspecified atom stereocenters. The monoisotopic (exact) mass is 299 g/mol. The lowest BCUT2D eigenvalue weighted by Gasteiger charge is -2.27. The summed E-state index contributed by atoms with van der Waals surface area (Å²) in [5.74, 6) is -5.15. The summed E-state index contributed by atoms with van der Waals surface area (Å²) in [6.45, 7) is 4.15. The molecule has 0 aromatic carbocycles. The van der Waals surface area contributed by atoms with Crippen LogP contribution in [-0.4, -0.2) is 48.1 Å². The lowest BCUT2D eigenvalue weighted by atomic mass is 9.93. The Balaban J connectivity index is 3.03. The molecular formula is C11H19F2NO4S. The molecular weight excluding hydrogens is 280 g/mol. The Morgan fingerprint density at radius 3 is 2.42 bits per heavy atom. The van der Waals surface area contributed by atoms with Gasteiger partial charge in [-0.15, -0.1) is 0 Å². The van der Waals surface area contributed by atoms with Crippen LogP contribution in [0, 0.1) is 5.41 Å². The Morgan fingerprint density at radius 1 is 1.47 bits per heavy atom. The third kappa shape index (κ3) is 3.85. The van der Waals surface area contributed by atoms with Crippen LogP contribution in [0.5, 0.6) is 0 Å². The van der Waals surface area contributed by atoms with E-state index in [1.54, 1.807) is 20.8 Å². The fraction of sp³-hybridized carbons (Fsp3) is 0.909. The van der Waals surface area contributed by atoms with Crippen LogP contribution < -0.4 is 0 Å². The smallest absolute Gasteiger partial charge is 0.322 e. The molecule has 0 amide bonds. The summed E-state index contributed by atoms with van der Waals surface area (Å²) in [7, 11) is -4.02. The first-order valence-corrected chi connectivity index (χ1v) is 7.61. The normalized spacial score (nSPS) is 24.6. The van der Waals surface area contributed by atoms with Crippen molar-refractivity contribution in [1.29, 1.82) is 0 Å². The maximum atomic E-state index is 13.3. The number of sulfonamides is 1. The lowest BCUT2D eigenvalue weighted by molar-refractivity contribution is -0.141. The van der Waals surface area contributed by atoms with Crippen LogP contribution in [0.1, 0.15) is 33.6 Å². The van der Waals surface area contributed by atoms with Gasteiger partial charge in [-0.25, -0.2) is 17.2 Å². The molecule has 0 spiro atoms. The molecule has 1 N–H and O–H groups in total. The van der Waals surface area contributed by atoms with Gasteiger partial charge in [-0.05, 0) is 11.8 Å². The zero-order valence-corrected chi connectivity index (χ0v) is 12.0. The van der Waals surface area contributed by atoms with E-state index < -0.39 is 46.3 Å². The first kappa shape index (κ1) is 16.3. The number of alkyl halides is 2. The predicted octanol–water partition coefficient (Wildman–Crippen LogP) is 1.55. The number of carbonyl (C=O) groups is 1. The molecule has 1 heterocycles. The van der Waals surface area contributed by atoms with Gasteiger partial charge in [-0.1, -0.05) is 20.8 Å². The van der Waals surface area contributed by atoms with Crippen LogP contribution in [0.3, 0.4) is 0 Å². The number of rotatable bonds is 5. The van der Waals surface area contributed by atoms with Crippen molar-refractivity contribution in [1.82, 2.24) is 4.31 Å². The molecule has 0 saturated carbocycles. The van der Waals surface area contributed by atoms with Crippen molar-refractivity contribution in [2.45, 2.75) is 45.6 Å². The largest absolute Gasteiger partial charge is 0.480 e. The molecule has 0 aromatic heterocycles. The minimum atomic E-state index is -4.02. The first-order valence-electron chi connectivity index (χ1n) is 6.00. The molecule has 1 aliphatic heterocycles. The zero-order valence-electron chi connectivity index (χ0n) is 11.2. The van der Waals surface area contributed by atoms with Gasteiger partial charge in [0, 0.05) is 6.42 Å². The molecule has 0 aliphatic carbocycles. The van der Waals surface area contributed by atoms with E-state index in [1.807, 2.05) is 0 Å². The fourth-order valence-corrected chi connectivity index (χ4v) is 4.26. The second kappa shape index (κ2) is 4.97. The van der Waals surface area contributed by atoms with Gasteiger partial charge in [0.1, 0.15) is 6.04 Å². The Kier molecular flexibility index (Phi) is 4.26. The van der Waals surface area contributed by atoms with E-state index in [4.69, 9.17) is 5.11 Å². The summed E-state index contributed by atoms with van der Waals surface area (Å²) in [4.78, 5) is 10.9. The summed E-state index contributed by atoms with van der Waals surface area (Å²) in [6.07, 6.45) is -0.414. The molecule has 1 atom stereocenters. The third-order valence-corrected chi connectivity index (χ3v) is 5.64. The van der Waals surface area contributed by atoms with Crippen molar-refractivity contribution in [3.63, 3.8) is 0 Å². The van der Waals surface area contributed by atoms with Gasteiger partial charge in [0.2, 0.25) is 10.0 Å². The minimum Gasteiger partial charge on any atom is -0.480 e. The van der Waals surface area contributed by atoms with Gasteiger partial charge in [-0.2, -0.15) is 4.31 Å². The van der Waals surface area contributed by atoms with Crippen LogP contribution in [0.25, 0.3) is 0 Å². The average Bonchev–Trinajstić information content (AvgIpc) is 2.54. The van der Waals surface area contributed by atoms with Crippen LogP contribution >= 0.6 is 0 Å². The number of hydrogen-bond acceptors (Lipinski definition) is 3. The second-order valence-electron chi connectivity index (χ2n) is 5.73. The second-order valence-corrected chi connectivity index (χ2v) is 7.65. The van der Waals surface area contributed by atoms with Crippen molar-refractivity contribution in [3.05, 3.63) is 0 Å². The quantitative estimate of drug-likeness (QED) is 0.835. The average molecular weight is 299 g/mol. The molecule has 0 aromatic rings. The molecule has 0 bridgehead atoms. The molecule has 5 nitrogen and oxygen atoms in total. The number of aliphatic carboxylic acids is 1. The Bertz CT molecular complexity index is 461. The van der Waals surface area contributed by atoms with Crippen LogP contribution in [0.2, 0.25) is 0 Å². The Labute approximate surface area is 111 Å². The van der Waals surface area contributed by atoms with Crippen molar-refractivity contribution < 1.29 is 27.1 Å². The number of halogens is 2. The van der Waals surface area contributed by atoms with E-state index in [0.717, 1.165) is 0 Å². The molecule has 112 valence electrons. The fourth-order valence-electron chi connectivity index (χ4n) is 1.97. The van der Waals surface area contributed by atoms with Crippen molar-refractivity contribution in [3.8, 4) is 0 Å². The maximum absolute atomic E-state index is 13.3. The van der Waals surface area contributed by atoms with E-state index in [-0.39, 0.29) is 5.75 Å². The summed E-state index contributed by atoms with van der Waals surface area (Å²) < 4.78 is 51.3. The highest BCUT2D eigenvalue weighted by molar-refractivity contribution is 7.89. The van der Waals surface area contributed by atoms with E-state index in [1.165, 1.54) is 0 Å². The highest BCUT2D eigenvalue weighted by atomic mass is 32.2. The third-order valence-electron chi connectivity index (χ3n) is 3.40. The molecule has 1 fully saturated rings. The Morgan fingerprint density at radius 2 is 2.00 bits per heavy atom. The standard InChI is InChI=1S/C11H19F2NO4S/c1-4-10(2,3)7-19(17,18)14-6-11(12,13)5-8(14)9(15)16/h8H,4-7H2,1-3H3,(H,15,16)/t8-/m0/s1. The van der Waals surface area contributed by atoms with Gasteiger partial charge in [0.15, 0.2) is 0 Å². The molecule has 19 heavy (non-hydrogen) atoms. The predicted molar refractivity (Wildman–Crippen MR) is 65.6 cm³/mol. The lowest BCUT2D eigenvalue weighted by Crippen LogP contribution is -2.44. The zero-order chi connectivity index (χ0) is 15.1.